The van der Waals surface area contributed by atoms with Gasteiger partial charge in [0, 0.05) is 41.3 Å². The van der Waals surface area contributed by atoms with E-state index >= 15 is 0 Å². The van der Waals surface area contributed by atoms with Crippen molar-refractivity contribution in [1.29, 1.82) is 0 Å². The molecule has 3 nitrogen and oxygen atoms in total. The van der Waals surface area contributed by atoms with Gasteiger partial charge in [-0.2, -0.15) is 0 Å². The standard InChI is InChI=1S/C15H12N2O/c1-18-15-8-11-4-6-17-10-13(11)7-14(15)12-3-2-5-16-9-12/h2-10H,1H3. The molecule has 0 N–H and O–H groups in total. The van der Waals surface area contributed by atoms with E-state index in [9.17, 15) is 0 Å². The molecular formula is C15H12N2O. The van der Waals surface area contributed by atoms with Gasteiger partial charge in [0.1, 0.15) is 5.75 Å². The predicted octanol–water partition coefficient (Wildman–Crippen LogP) is 3.31. The van der Waals surface area contributed by atoms with E-state index in [4.69, 9.17) is 4.74 Å². The molecule has 0 spiro atoms. The number of rotatable bonds is 2. The summed E-state index contributed by atoms with van der Waals surface area (Å²) in [7, 11) is 1.68. The predicted molar refractivity (Wildman–Crippen MR) is 71.5 cm³/mol. The summed E-state index contributed by atoms with van der Waals surface area (Å²) in [5.41, 5.74) is 2.08. The van der Waals surface area contributed by atoms with Crippen molar-refractivity contribution < 1.29 is 4.74 Å². The van der Waals surface area contributed by atoms with Crippen LogP contribution < -0.4 is 4.74 Å². The van der Waals surface area contributed by atoms with Crippen LogP contribution in [0.5, 0.6) is 5.75 Å². The first-order valence-corrected chi connectivity index (χ1v) is 5.70. The minimum Gasteiger partial charge on any atom is -0.496 e. The number of methoxy groups -OCH3 is 1. The van der Waals surface area contributed by atoms with Crippen LogP contribution in [-0.4, -0.2) is 17.1 Å². The maximum absolute atomic E-state index is 5.46. The molecule has 0 fully saturated rings. The zero-order valence-electron chi connectivity index (χ0n) is 10.00. The quantitative estimate of drug-likeness (QED) is 0.684. The summed E-state index contributed by atoms with van der Waals surface area (Å²) < 4.78 is 5.46. The Labute approximate surface area is 105 Å². The highest BCUT2D eigenvalue weighted by Crippen LogP contribution is 2.33. The van der Waals surface area contributed by atoms with Gasteiger partial charge in [-0.05, 0) is 29.7 Å². The van der Waals surface area contributed by atoms with Gasteiger partial charge in [-0.1, -0.05) is 6.07 Å². The summed E-state index contributed by atoms with van der Waals surface area (Å²) in [6.45, 7) is 0. The largest absolute Gasteiger partial charge is 0.496 e. The Balaban J connectivity index is 2.27. The number of ether oxygens (including phenoxy) is 1. The molecule has 3 rings (SSSR count). The topological polar surface area (TPSA) is 35.0 Å². The Kier molecular flexibility index (Phi) is 2.65. The minimum absolute atomic E-state index is 0.849. The van der Waals surface area contributed by atoms with Crippen molar-refractivity contribution in [2.24, 2.45) is 0 Å². The second kappa shape index (κ2) is 4.45. The smallest absolute Gasteiger partial charge is 0.127 e. The lowest BCUT2D eigenvalue weighted by Gasteiger charge is -2.10. The summed E-state index contributed by atoms with van der Waals surface area (Å²) in [6, 6.07) is 10.0. The van der Waals surface area contributed by atoms with E-state index < -0.39 is 0 Å². The lowest BCUT2D eigenvalue weighted by molar-refractivity contribution is 0.417. The van der Waals surface area contributed by atoms with Crippen LogP contribution in [0.2, 0.25) is 0 Å². The lowest BCUT2D eigenvalue weighted by atomic mass is 10.0. The lowest BCUT2D eigenvalue weighted by Crippen LogP contribution is -1.89. The van der Waals surface area contributed by atoms with Gasteiger partial charge in [-0.3, -0.25) is 9.97 Å². The Hall–Kier alpha value is -2.42. The normalized spacial score (nSPS) is 10.5. The van der Waals surface area contributed by atoms with Gasteiger partial charge in [0.05, 0.1) is 7.11 Å². The molecule has 3 heteroatoms. The fraction of sp³-hybridized carbons (Fsp3) is 0.0667. The Bertz CT molecular complexity index is 680. The van der Waals surface area contributed by atoms with Gasteiger partial charge in [0.15, 0.2) is 0 Å². The Morgan fingerprint density at radius 1 is 0.944 bits per heavy atom. The third-order valence-electron chi connectivity index (χ3n) is 2.93. The van der Waals surface area contributed by atoms with Gasteiger partial charge in [-0.25, -0.2) is 0 Å². The fourth-order valence-corrected chi connectivity index (χ4v) is 2.03. The summed E-state index contributed by atoms with van der Waals surface area (Å²) in [4.78, 5) is 8.29. The molecule has 0 atom stereocenters. The molecular weight excluding hydrogens is 224 g/mol. The van der Waals surface area contributed by atoms with Gasteiger partial charge < -0.3 is 4.74 Å². The third-order valence-corrected chi connectivity index (χ3v) is 2.93. The molecule has 2 aromatic heterocycles. The number of benzene rings is 1. The van der Waals surface area contributed by atoms with Gasteiger partial charge in [0.25, 0.3) is 0 Å². The number of hydrogen-bond acceptors (Lipinski definition) is 3. The molecule has 0 aliphatic heterocycles. The van der Waals surface area contributed by atoms with E-state index in [0.29, 0.717) is 0 Å². The van der Waals surface area contributed by atoms with Crippen LogP contribution in [0.25, 0.3) is 21.9 Å². The number of nitrogens with zero attached hydrogens (tertiary/aromatic N) is 2. The zero-order chi connectivity index (χ0) is 12.4. The number of hydrogen-bond donors (Lipinski definition) is 0. The van der Waals surface area contributed by atoms with Crippen molar-refractivity contribution in [2.45, 2.75) is 0 Å². The summed E-state index contributed by atoms with van der Waals surface area (Å²) in [6.07, 6.45) is 7.23. The third kappa shape index (κ3) is 1.80. The number of fused-ring (bicyclic) bond motifs is 1. The van der Waals surface area contributed by atoms with Crippen LogP contribution in [-0.2, 0) is 0 Å². The molecule has 18 heavy (non-hydrogen) atoms. The number of pyridine rings is 2. The molecule has 0 aliphatic carbocycles. The average molecular weight is 236 g/mol. The van der Waals surface area contributed by atoms with Gasteiger partial charge >= 0.3 is 0 Å². The van der Waals surface area contributed by atoms with Crippen LogP contribution in [0.1, 0.15) is 0 Å². The SMILES string of the molecule is COc1cc2ccncc2cc1-c1cccnc1. The monoisotopic (exact) mass is 236 g/mol. The minimum atomic E-state index is 0.849. The van der Waals surface area contributed by atoms with Crippen molar-refractivity contribution in [3.63, 3.8) is 0 Å². The van der Waals surface area contributed by atoms with Crippen molar-refractivity contribution in [1.82, 2.24) is 9.97 Å². The molecule has 0 aliphatic rings. The first kappa shape index (κ1) is 10.7. The second-order valence-electron chi connectivity index (χ2n) is 4.02. The Morgan fingerprint density at radius 2 is 1.83 bits per heavy atom. The van der Waals surface area contributed by atoms with E-state index in [1.165, 1.54) is 0 Å². The highest BCUT2D eigenvalue weighted by Gasteiger charge is 2.07. The van der Waals surface area contributed by atoms with E-state index in [-0.39, 0.29) is 0 Å². The molecule has 3 aromatic rings. The Morgan fingerprint density at radius 3 is 2.61 bits per heavy atom. The van der Waals surface area contributed by atoms with Crippen molar-refractivity contribution in [2.75, 3.05) is 7.11 Å². The average Bonchev–Trinajstić information content (AvgIpc) is 2.46. The number of aromatic nitrogens is 2. The summed E-state index contributed by atoms with van der Waals surface area (Å²) >= 11 is 0. The molecule has 0 saturated carbocycles. The first-order valence-electron chi connectivity index (χ1n) is 5.70. The molecule has 0 unspecified atom stereocenters. The molecule has 1 aromatic carbocycles. The van der Waals surface area contributed by atoms with Crippen LogP contribution in [0, 0.1) is 0 Å². The highest BCUT2D eigenvalue weighted by molar-refractivity contribution is 5.89. The fourth-order valence-electron chi connectivity index (χ4n) is 2.03. The second-order valence-corrected chi connectivity index (χ2v) is 4.02. The van der Waals surface area contributed by atoms with E-state index in [0.717, 1.165) is 27.6 Å². The molecule has 2 heterocycles. The van der Waals surface area contributed by atoms with E-state index in [1.807, 2.05) is 36.7 Å². The van der Waals surface area contributed by atoms with Crippen LogP contribution in [0.15, 0.2) is 55.1 Å². The van der Waals surface area contributed by atoms with Gasteiger partial charge in [-0.15, -0.1) is 0 Å². The van der Waals surface area contributed by atoms with Crippen LogP contribution >= 0.6 is 0 Å². The summed E-state index contributed by atoms with van der Waals surface area (Å²) in [5, 5.41) is 2.21. The molecule has 0 radical (unpaired) electrons. The van der Waals surface area contributed by atoms with Crippen molar-refractivity contribution in [3.8, 4) is 16.9 Å². The van der Waals surface area contributed by atoms with Crippen LogP contribution in [0.4, 0.5) is 0 Å². The summed E-state index contributed by atoms with van der Waals surface area (Å²) in [5.74, 6) is 0.849. The van der Waals surface area contributed by atoms with E-state index in [1.54, 1.807) is 19.5 Å². The van der Waals surface area contributed by atoms with Crippen molar-refractivity contribution >= 4 is 10.8 Å². The maximum atomic E-state index is 5.46. The van der Waals surface area contributed by atoms with Crippen LogP contribution in [0.3, 0.4) is 0 Å². The molecule has 88 valence electrons. The van der Waals surface area contributed by atoms with Crippen molar-refractivity contribution in [3.05, 3.63) is 55.1 Å². The molecule has 0 bridgehead atoms. The first-order chi connectivity index (χ1) is 8.88. The highest BCUT2D eigenvalue weighted by atomic mass is 16.5. The molecule has 0 amide bonds. The van der Waals surface area contributed by atoms with Gasteiger partial charge in [0.2, 0.25) is 0 Å². The molecule has 0 saturated heterocycles. The zero-order valence-corrected chi connectivity index (χ0v) is 10.00. The van der Waals surface area contributed by atoms with E-state index in [2.05, 4.69) is 16.0 Å². The maximum Gasteiger partial charge on any atom is 0.127 e.